The molecule has 1 heterocycles. The first kappa shape index (κ1) is 18.6. The second-order valence-corrected chi connectivity index (χ2v) is 7.18. The van der Waals surface area contributed by atoms with Gasteiger partial charge in [0.2, 0.25) is 0 Å². The third-order valence-corrected chi connectivity index (χ3v) is 4.95. The molecule has 1 aliphatic rings. The van der Waals surface area contributed by atoms with E-state index in [1.165, 1.54) is 19.3 Å². The highest BCUT2D eigenvalue weighted by molar-refractivity contribution is 6.32. The summed E-state index contributed by atoms with van der Waals surface area (Å²) in [6.45, 7) is 6.84. The van der Waals surface area contributed by atoms with Gasteiger partial charge in [-0.3, -0.25) is 9.69 Å². The van der Waals surface area contributed by atoms with Crippen LogP contribution in [0.25, 0.3) is 11.6 Å². The number of hydrogen-bond donors (Lipinski definition) is 0. The molecule has 2 aromatic carbocycles. The summed E-state index contributed by atoms with van der Waals surface area (Å²) in [6.07, 6.45) is 5.61. The van der Waals surface area contributed by atoms with Crippen LogP contribution < -0.4 is 0 Å². The Morgan fingerprint density at radius 1 is 1.00 bits per heavy atom. The summed E-state index contributed by atoms with van der Waals surface area (Å²) in [4.78, 5) is 15.5. The van der Waals surface area contributed by atoms with Gasteiger partial charge in [-0.05, 0) is 55.3 Å². The lowest BCUT2D eigenvalue weighted by molar-refractivity contribution is -0.110. The zero-order valence-electron chi connectivity index (χ0n) is 15.0. The molecule has 0 amide bonds. The maximum absolute atomic E-state index is 13.2. The fourth-order valence-electron chi connectivity index (χ4n) is 3.27. The number of allylic oxidation sites excluding steroid dienone is 1. The van der Waals surface area contributed by atoms with Crippen LogP contribution >= 0.6 is 11.6 Å². The Labute approximate surface area is 160 Å². The lowest BCUT2D eigenvalue weighted by Crippen LogP contribution is -2.32. The first-order chi connectivity index (χ1) is 12.6. The van der Waals surface area contributed by atoms with E-state index in [9.17, 15) is 4.79 Å². The molecule has 2 aromatic rings. The molecule has 0 spiro atoms. The number of nitrogens with zero attached hydrogens (tertiary/aromatic N) is 1. The summed E-state index contributed by atoms with van der Waals surface area (Å²) in [7, 11) is 0. The molecule has 0 saturated carbocycles. The molecule has 0 atom stereocenters. The summed E-state index contributed by atoms with van der Waals surface area (Å²) in [6, 6.07) is 17.3. The van der Waals surface area contributed by atoms with Crippen molar-refractivity contribution in [2.75, 3.05) is 19.6 Å². The van der Waals surface area contributed by atoms with Crippen molar-refractivity contribution in [2.45, 2.75) is 19.3 Å². The standard InChI is InChI=1S/C23H24ClNO/c1-18(17-25-14-6-3-7-15-25)23(26)22(20-8-4-2-5-9-20)16-19-10-12-21(24)13-11-19/h2,4-5,8-13,16H,1,3,6-7,14-15,17H2/b22-16+. The molecule has 3 rings (SSSR count). The van der Waals surface area contributed by atoms with E-state index in [1.54, 1.807) is 0 Å². The SMILES string of the molecule is C=C(CN1CCCCC1)C(=O)/C(=C/c1ccc(Cl)cc1)c1ccccc1. The maximum Gasteiger partial charge on any atom is 0.190 e. The summed E-state index contributed by atoms with van der Waals surface area (Å²) in [5.41, 5.74) is 3.19. The molecule has 0 radical (unpaired) electrons. The average molecular weight is 366 g/mol. The molecule has 0 aromatic heterocycles. The second-order valence-electron chi connectivity index (χ2n) is 6.75. The van der Waals surface area contributed by atoms with Crippen LogP contribution in [0.4, 0.5) is 0 Å². The molecular formula is C23H24ClNO. The molecular weight excluding hydrogens is 342 g/mol. The topological polar surface area (TPSA) is 20.3 Å². The zero-order valence-corrected chi connectivity index (χ0v) is 15.7. The van der Waals surface area contributed by atoms with Crippen LogP contribution in [0.2, 0.25) is 5.02 Å². The van der Waals surface area contributed by atoms with Crippen molar-refractivity contribution in [3.63, 3.8) is 0 Å². The minimum atomic E-state index is 0.0109. The average Bonchev–Trinajstić information content (AvgIpc) is 2.68. The molecule has 1 saturated heterocycles. The van der Waals surface area contributed by atoms with Gasteiger partial charge in [-0.25, -0.2) is 0 Å². The number of carbonyl (C=O) groups is 1. The first-order valence-electron chi connectivity index (χ1n) is 9.11. The molecule has 3 heteroatoms. The van der Waals surface area contributed by atoms with Gasteiger partial charge in [0.1, 0.15) is 0 Å². The van der Waals surface area contributed by atoms with Gasteiger partial charge in [0.15, 0.2) is 5.78 Å². The second kappa shape index (κ2) is 8.98. The number of halogens is 1. The van der Waals surface area contributed by atoms with Crippen LogP contribution in [0.3, 0.4) is 0 Å². The number of ketones is 1. The Kier molecular flexibility index (Phi) is 6.43. The van der Waals surface area contributed by atoms with E-state index in [1.807, 2.05) is 60.7 Å². The van der Waals surface area contributed by atoms with Gasteiger partial charge in [0.25, 0.3) is 0 Å². The third kappa shape index (κ3) is 4.94. The normalized spacial score (nSPS) is 15.7. The fourth-order valence-corrected chi connectivity index (χ4v) is 3.40. The van der Waals surface area contributed by atoms with Gasteiger partial charge < -0.3 is 0 Å². The molecule has 1 fully saturated rings. The number of Topliss-reactive ketones (excluding diaryl/α,β-unsaturated/α-hetero) is 1. The van der Waals surface area contributed by atoms with Crippen molar-refractivity contribution in [3.8, 4) is 0 Å². The highest BCUT2D eigenvalue weighted by Gasteiger charge is 2.19. The van der Waals surface area contributed by atoms with Gasteiger partial charge in [-0.1, -0.05) is 67.1 Å². The van der Waals surface area contributed by atoms with Crippen molar-refractivity contribution < 1.29 is 4.79 Å². The number of piperidine rings is 1. The number of rotatable bonds is 6. The third-order valence-electron chi connectivity index (χ3n) is 4.69. The number of carbonyl (C=O) groups excluding carboxylic acids is 1. The monoisotopic (exact) mass is 365 g/mol. The lowest BCUT2D eigenvalue weighted by Gasteiger charge is -2.27. The lowest BCUT2D eigenvalue weighted by atomic mass is 9.94. The predicted octanol–water partition coefficient (Wildman–Crippen LogP) is 5.49. The summed E-state index contributed by atoms with van der Waals surface area (Å²) in [5.74, 6) is 0.0109. The number of likely N-dealkylation sites (tertiary alicyclic amines) is 1. The first-order valence-corrected chi connectivity index (χ1v) is 9.49. The van der Waals surface area contributed by atoms with E-state index < -0.39 is 0 Å². The summed E-state index contributed by atoms with van der Waals surface area (Å²) in [5, 5.41) is 0.684. The Morgan fingerprint density at radius 2 is 1.65 bits per heavy atom. The predicted molar refractivity (Wildman–Crippen MR) is 110 cm³/mol. The van der Waals surface area contributed by atoms with E-state index >= 15 is 0 Å². The smallest absolute Gasteiger partial charge is 0.190 e. The van der Waals surface area contributed by atoms with E-state index in [0.717, 1.165) is 24.2 Å². The quantitative estimate of drug-likeness (QED) is 0.498. The minimum Gasteiger partial charge on any atom is -0.299 e. The van der Waals surface area contributed by atoms with E-state index in [0.29, 0.717) is 22.7 Å². The van der Waals surface area contributed by atoms with Crippen LogP contribution in [0, 0.1) is 0 Å². The highest BCUT2D eigenvalue weighted by atomic mass is 35.5. The molecule has 0 N–H and O–H groups in total. The Balaban J connectivity index is 1.86. The molecule has 134 valence electrons. The van der Waals surface area contributed by atoms with Crippen LogP contribution in [0.15, 0.2) is 66.7 Å². The maximum atomic E-state index is 13.2. The summed E-state index contributed by atoms with van der Waals surface area (Å²) >= 11 is 5.98. The molecule has 0 bridgehead atoms. The van der Waals surface area contributed by atoms with Crippen molar-refractivity contribution in [2.24, 2.45) is 0 Å². The van der Waals surface area contributed by atoms with Gasteiger partial charge in [-0.2, -0.15) is 0 Å². The molecule has 2 nitrogen and oxygen atoms in total. The van der Waals surface area contributed by atoms with Gasteiger partial charge >= 0.3 is 0 Å². The molecule has 1 aliphatic heterocycles. The number of hydrogen-bond acceptors (Lipinski definition) is 2. The van der Waals surface area contributed by atoms with Crippen molar-refractivity contribution in [1.29, 1.82) is 0 Å². The van der Waals surface area contributed by atoms with Crippen molar-refractivity contribution in [1.82, 2.24) is 4.90 Å². The van der Waals surface area contributed by atoms with Crippen molar-refractivity contribution in [3.05, 3.63) is 82.9 Å². The minimum absolute atomic E-state index is 0.0109. The molecule has 0 aliphatic carbocycles. The van der Waals surface area contributed by atoms with Gasteiger partial charge in [-0.15, -0.1) is 0 Å². The van der Waals surface area contributed by atoms with E-state index in [-0.39, 0.29) is 5.78 Å². The van der Waals surface area contributed by atoms with Crippen LogP contribution in [0.5, 0.6) is 0 Å². The zero-order chi connectivity index (χ0) is 18.4. The van der Waals surface area contributed by atoms with Gasteiger partial charge in [0, 0.05) is 22.7 Å². The number of benzene rings is 2. The Bertz CT molecular complexity index is 787. The Morgan fingerprint density at radius 3 is 2.31 bits per heavy atom. The molecule has 26 heavy (non-hydrogen) atoms. The van der Waals surface area contributed by atoms with Crippen LogP contribution in [-0.4, -0.2) is 30.3 Å². The van der Waals surface area contributed by atoms with Gasteiger partial charge in [0.05, 0.1) is 0 Å². The van der Waals surface area contributed by atoms with E-state index in [2.05, 4.69) is 11.5 Å². The molecule has 0 unspecified atom stereocenters. The van der Waals surface area contributed by atoms with Crippen molar-refractivity contribution >= 4 is 29.0 Å². The Hall–Kier alpha value is -2.16. The highest BCUT2D eigenvalue weighted by Crippen LogP contribution is 2.23. The fraction of sp³-hybridized carbons (Fsp3) is 0.261. The largest absolute Gasteiger partial charge is 0.299 e. The van der Waals surface area contributed by atoms with E-state index in [4.69, 9.17) is 11.6 Å². The van der Waals surface area contributed by atoms with Crippen LogP contribution in [0.1, 0.15) is 30.4 Å². The summed E-state index contributed by atoms with van der Waals surface area (Å²) < 4.78 is 0. The van der Waals surface area contributed by atoms with Crippen LogP contribution in [-0.2, 0) is 4.79 Å².